The third-order valence-electron chi connectivity index (χ3n) is 2.22. The van der Waals surface area contributed by atoms with Crippen LogP contribution >= 0.6 is 0 Å². The van der Waals surface area contributed by atoms with Crippen LogP contribution in [-0.4, -0.2) is 21.0 Å². The van der Waals surface area contributed by atoms with Crippen molar-refractivity contribution >= 4 is 5.97 Å². The fourth-order valence-corrected chi connectivity index (χ4v) is 1.27. The van der Waals surface area contributed by atoms with Crippen molar-refractivity contribution in [2.24, 2.45) is 5.92 Å². The summed E-state index contributed by atoms with van der Waals surface area (Å²) in [6.07, 6.45) is 4.30. The molecule has 0 saturated carbocycles. The molecule has 0 fully saturated rings. The molecule has 1 unspecified atom stereocenters. The Hall–Kier alpha value is -1.58. The molecule has 0 aliphatic rings. The number of rotatable bonds is 5. The normalized spacial score (nSPS) is 12.4. The van der Waals surface area contributed by atoms with E-state index in [-0.39, 0.29) is 0 Å². The highest BCUT2D eigenvalue weighted by Gasteiger charge is 2.20. The summed E-state index contributed by atoms with van der Waals surface area (Å²) in [7, 11) is 0. The zero-order valence-corrected chi connectivity index (χ0v) is 8.16. The molecular weight excluding hydrogens is 180 g/mol. The molecule has 14 heavy (non-hydrogen) atoms. The van der Waals surface area contributed by atoms with E-state index in [2.05, 4.69) is 16.5 Å². The number of hydrogen-bond acceptors (Lipinski definition) is 2. The van der Waals surface area contributed by atoms with Crippen molar-refractivity contribution in [2.45, 2.75) is 19.8 Å². The second-order valence-electron chi connectivity index (χ2n) is 3.18. The Morgan fingerprint density at radius 1 is 1.79 bits per heavy atom. The van der Waals surface area contributed by atoms with Gasteiger partial charge in [0.2, 0.25) is 0 Å². The molecule has 4 heteroatoms. The molecule has 1 rings (SSSR count). The van der Waals surface area contributed by atoms with E-state index in [4.69, 9.17) is 5.11 Å². The Morgan fingerprint density at radius 2 is 2.50 bits per heavy atom. The van der Waals surface area contributed by atoms with E-state index in [1.54, 1.807) is 12.5 Å². The molecule has 1 atom stereocenters. The minimum atomic E-state index is -0.827. The zero-order valence-electron chi connectivity index (χ0n) is 8.16. The maximum Gasteiger partial charge on any atom is 0.311 e. The Balaban J connectivity index is 2.70. The number of aliphatic carboxylic acids is 1. The number of aromatic nitrogens is 2. The fraction of sp³-hybridized carbons (Fsp3) is 0.400. The number of nitrogens with zero attached hydrogens (tertiary/aromatic N) is 1. The number of nitrogens with one attached hydrogen (secondary N) is 1. The average molecular weight is 194 g/mol. The van der Waals surface area contributed by atoms with Crippen LogP contribution in [0.5, 0.6) is 0 Å². The van der Waals surface area contributed by atoms with Gasteiger partial charge in [-0.2, -0.15) is 0 Å². The first kappa shape index (κ1) is 10.5. The molecule has 0 spiro atoms. The van der Waals surface area contributed by atoms with E-state index in [1.807, 2.05) is 6.92 Å². The maximum absolute atomic E-state index is 10.9. The van der Waals surface area contributed by atoms with E-state index in [1.165, 1.54) is 0 Å². The fourth-order valence-electron chi connectivity index (χ4n) is 1.27. The summed E-state index contributed by atoms with van der Waals surface area (Å²) in [6.45, 7) is 5.67. The van der Waals surface area contributed by atoms with Gasteiger partial charge < -0.3 is 10.1 Å². The highest BCUT2D eigenvalue weighted by molar-refractivity contribution is 5.73. The second-order valence-corrected chi connectivity index (χ2v) is 3.18. The van der Waals surface area contributed by atoms with E-state index in [9.17, 15) is 4.79 Å². The first-order valence-electron chi connectivity index (χ1n) is 4.52. The van der Waals surface area contributed by atoms with Crippen LogP contribution in [0.25, 0.3) is 0 Å². The highest BCUT2D eigenvalue weighted by Crippen LogP contribution is 2.17. The molecule has 2 N–H and O–H groups in total. The molecule has 1 aromatic rings. The van der Waals surface area contributed by atoms with Crippen molar-refractivity contribution in [2.75, 3.05) is 0 Å². The largest absolute Gasteiger partial charge is 0.481 e. The Labute approximate surface area is 82.7 Å². The van der Waals surface area contributed by atoms with Gasteiger partial charge in [0.1, 0.15) is 0 Å². The summed E-state index contributed by atoms with van der Waals surface area (Å²) in [5.41, 5.74) is 1.57. The molecule has 0 saturated heterocycles. The van der Waals surface area contributed by atoms with Gasteiger partial charge in [-0.05, 0) is 6.42 Å². The van der Waals surface area contributed by atoms with Crippen LogP contribution in [-0.2, 0) is 11.2 Å². The number of carboxylic acids is 1. The number of carboxylic acid groups (broad SMARTS) is 1. The summed E-state index contributed by atoms with van der Waals surface area (Å²) in [4.78, 5) is 17.7. The molecule has 1 aromatic heterocycles. The van der Waals surface area contributed by atoms with Crippen LogP contribution in [0.2, 0.25) is 0 Å². The van der Waals surface area contributed by atoms with Crippen molar-refractivity contribution in [1.82, 2.24) is 9.97 Å². The number of imidazole rings is 1. The van der Waals surface area contributed by atoms with Crippen LogP contribution < -0.4 is 0 Å². The van der Waals surface area contributed by atoms with Gasteiger partial charge in [0.05, 0.1) is 12.2 Å². The maximum atomic E-state index is 10.9. The summed E-state index contributed by atoms with van der Waals surface area (Å²) < 4.78 is 0. The van der Waals surface area contributed by atoms with Crippen LogP contribution in [0.4, 0.5) is 0 Å². The molecule has 0 radical (unpaired) electrons. The molecule has 0 aromatic carbocycles. The quantitative estimate of drug-likeness (QED) is 0.700. The second kappa shape index (κ2) is 4.60. The Bertz CT molecular complexity index is 317. The highest BCUT2D eigenvalue weighted by atomic mass is 16.4. The van der Waals surface area contributed by atoms with Crippen molar-refractivity contribution in [3.05, 3.63) is 30.4 Å². The van der Waals surface area contributed by atoms with Gasteiger partial charge in [-0.3, -0.25) is 4.79 Å². The monoisotopic (exact) mass is 194 g/mol. The SMILES string of the molecule is C=C(CC)C(Cc1cnc[nH]1)C(=O)O. The van der Waals surface area contributed by atoms with Gasteiger partial charge in [-0.15, -0.1) is 0 Å². The van der Waals surface area contributed by atoms with E-state index < -0.39 is 11.9 Å². The first-order valence-corrected chi connectivity index (χ1v) is 4.52. The molecule has 1 heterocycles. The minimum Gasteiger partial charge on any atom is -0.481 e. The molecule has 0 aliphatic heterocycles. The summed E-state index contributed by atoms with van der Waals surface area (Å²) in [6, 6.07) is 0. The Morgan fingerprint density at radius 3 is 2.93 bits per heavy atom. The number of aromatic amines is 1. The van der Waals surface area contributed by atoms with E-state index in [0.717, 1.165) is 11.3 Å². The van der Waals surface area contributed by atoms with E-state index in [0.29, 0.717) is 12.8 Å². The predicted octanol–water partition coefficient (Wildman–Crippen LogP) is 1.62. The van der Waals surface area contributed by atoms with Crippen LogP contribution in [0.3, 0.4) is 0 Å². The summed E-state index contributed by atoms with van der Waals surface area (Å²) >= 11 is 0. The van der Waals surface area contributed by atoms with Crippen molar-refractivity contribution in [3.8, 4) is 0 Å². The van der Waals surface area contributed by atoms with Gasteiger partial charge in [-0.25, -0.2) is 4.98 Å². The number of hydrogen-bond donors (Lipinski definition) is 2. The van der Waals surface area contributed by atoms with Crippen LogP contribution in [0.1, 0.15) is 19.0 Å². The van der Waals surface area contributed by atoms with Gasteiger partial charge >= 0.3 is 5.97 Å². The standard InChI is InChI=1S/C10H14N2O2/c1-3-7(2)9(10(13)14)4-8-5-11-6-12-8/h5-6,9H,2-4H2,1H3,(H,11,12)(H,13,14). The van der Waals surface area contributed by atoms with Gasteiger partial charge in [-0.1, -0.05) is 19.1 Å². The molecular formula is C10H14N2O2. The lowest BCUT2D eigenvalue weighted by molar-refractivity contribution is -0.140. The smallest absolute Gasteiger partial charge is 0.311 e. The van der Waals surface area contributed by atoms with Gasteiger partial charge in [0, 0.05) is 18.3 Å². The summed E-state index contributed by atoms with van der Waals surface area (Å²) in [5, 5.41) is 8.98. The molecule has 0 amide bonds. The number of H-pyrrole nitrogens is 1. The van der Waals surface area contributed by atoms with Gasteiger partial charge in [0.25, 0.3) is 0 Å². The lowest BCUT2D eigenvalue weighted by atomic mass is 9.94. The zero-order chi connectivity index (χ0) is 10.6. The topological polar surface area (TPSA) is 66.0 Å². The predicted molar refractivity (Wildman–Crippen MR) is 52.8 cm³/mol. The minimum absolute atomic E-state index is 0.433. The molecule has 4 nitrogen and oxygen atoms in total. The third-order valence-corrected chi connectivity index (χ3v) is 2.22. The lowest BCUT2D eigenvalue weighted by Crippen LogP contribution is -2.18. The van der Waals surface area contributed by atoms with Crippen LogP contribution in [0, 0.1) is 5.92 Å². The lowest BCUT2D eigenvalue weighted by Gasteiger charge is -2.12. The molecule has 0 bridgehead atoms. The average Bonchev–Trinajstić information content (AvgIpc) is 2.65. The van der Waals surface area contributed by atoms with Crippen molar-refractivity contribution < 1.29 is 9.90 Å². The van der Waals surface area contributed by atoms with Gasteiger partial charge in [0.15, 0.2) is 0 Å². The first-order chi connectivity index (χ1) is 6.65. The number of carbonyl (C=O) groups is 1. The molecule has 0 aliphatic carbocycles. The molecule has 76 valence electrons. The third kappa shape index (κ3) is 2.45. The summed E-state index contributed by atoms with van der Waals surface area (Å²) in [5.74, 6) is -1.34. The van der Waals surface area contributed by atoms with E-state index >= 15 is 0 Å². The van der Waals surface area contributed by atoms with Crippen molar-refractivity contribution in [3.63, 3.8) is 0 Å². The van der Waals surface area contributed by atoms with Crippen LogP contribution in [0.15, 0.2) is 24.7 Å². The Kier molecular flexibility index (Phi) is 3.45. The van der Waals surface area contributed by atoms with Crippen molar-refractivity contribution in [1.29, 1.82) is 0 Å².